The number of thiophene rings is 1. The van der Waals surface area contributed by atoms with Gasteiger partial charge in [-0.1, -0.05) is 18.2 Å². The maximum absolute atomic E-state index is 8.77. The molecule has 0 aliphatic rings. The highest BCUT2D eigenvalue weighted by Gasteiger charge is 2.07. The first-order valence-corrected chi connectivity index (χ1v) is 6.49. The molecule has 1 aromatic heterocycles. The molecule has 2 nitrogen and oxygen atoms in total. The topological polar surface area (TPSA) is 23.5 Å². The zero-order chi connectivity index (χ0) is 11.4. The maximum atomic E-state index is 8.77. The fourth-order valence-electron chi connectivity index (χ4n) is 1.84. The second kappa shape index (κ2) is 5.32. The van der Waals surface area contributed by atoms with Gasteiger partial charge in [0.05, 0.1) is 5.69 Å². The van der Waals surface area contributed by atoms with Gasteiger partial charge in [-0.05, 0) is 18.9 Å². The number of rotatable bonds is 5. The predicted octanol–water partition coefficient (Wildman–Crippen LogP) is 3.11. The molecule has 1 N–H and O–H groups in total. The fraction of sp³-hybridized carbons (Fsp3) is 0.385. The van der Waals surface area contributed by atoms with Crippen molar-refractivity contribution in [2.45, 2.75) is 12.8 Å². The molecule has 1 aromatic carbocycles. The zero-order valence-electron chi connectivity index (χ0n) is 9.52. The second-order valence-corrected chi connectivity index (χ2v) is 4.88. The first-order valence-electron chi connectivity index (χ1n) is 5.61. The highest BCUT2D eigenvalue weighted by atomic mass is 32.1. The summed E-state index contributed by atoms with van der Waals surface area (Å²) in [5, 5.41) is 12.3. The van der Waals surface area contributed by atoms with E-state index in [1.807, 2.05) is 0 Å². The number of aliphatic hydroxyl groups is 1. The highest BCUT2D eigenvalue weighted by molar-refractivity contribution is 7.17. The van der Waals surface area contributed by atoms with Crippen molar-refractivity contribution >= 4 is 27.1 Å². The standard InChI is InChI=1S/C13H17NOS/c1-14(8-4-5-9-15)12-10-16-13-7-3-2-6-11(12)13/h2-3,6-7,10,15H,4-5,8-9H2,1H3. The summed E-state index contributed by atoms with van der Waals surface area (Å²) >= 11 is 1.79. The monoisotopic (exact) mass is 235 g/mol. The van der Waals surface area contributed by atoms with E-state index in [1.54, 1.807) is 11.3 Å². The van der Waals surface area contributed by atoms with E-state index in [0.717, 1.165) is 19.4 Å². The molecule has 0 radical (unpaired) electrons. The van der Waals surface area contributed by atoms with Crippen LogP contribution in [0.25, 0.3) is 10.1 Å². The number of fused-ring (bicyclic) bond motifs is 1. The Labute approximate surface area is 100 Å². The Bertz CT molecular complexity index is 452. The van der Waals surface area contributed by atoms with Crippen LogP contribution in [0.15, 0.2) is 29.6 Å². The van der Waals surface area contributed by atoms with Crippen molar-refractivity contribution in [2.75, 3.05) is 25.1 Å². The number of hydrogen-bond donors (Lipinski definition) is 1. The molecule has 0 unspecified atom stereocenters. The van der Waals surface area contributed by atoms with E-state index < -0.39 is 0 Å². The summed E-state index contributed by atoms with van der Waals surface area (Å²) < 4.78 is 1.34. The Balaban J connectivity index is 2.13. The third-order valence-corrected chi connectivity index (χ3v) is 3.72. The van der Waals surface area contributed by atoms with Gasteiger partial charge in [0.25, 0.3) is 0 Å². The molecule has 0 aliphatic carbocycles. The first kappa shape index (κ1) is 11.4. The van der Waals surface area contributed by atoms with Gasteiger partial charge in [0.2, 0.25) is 0 Å². The molecule has 2 rings (SSSR count). The Hall–Kier alpha value is -1.06. The van der Waals surface area contributed by atoms with E-state index in [0.29, 0.717) is 0 Å². The summed E-state index contributed by atoms with van der Waals surface area (Å²) in [7, 11) is 2.12. The van der Waals surface area contributed by atoms with Gasteiger partial charge >= 0.3 is 0 Å². The number of anilines is 1. The molecule has 0 saturated carbocycles. The average Bonchev–Trinajstić information content (AvgIpc) is 2.73. The van der Waals surface area contributed by atoms with E-state index in [9.17, 15) is 0 Å². The Kier molecular flexibility index (Phi) is 3.80. The molecule has 0 aliphatic heterocycles. The van der Waals surface area contributed by atoms with Crippen LogP contribution in [0.2, 0.25) is 0 Å². The Morgan fingerprint density at radius 3 is 2.88 bits per heavy atom. The minimum Gasteiger partial charge on any atom is -0.396 e. The summed E-state index contributed by atoms with van der Waals surface area (Å²) in [6.07, 6.45) is 1.92. The molecule has 0 spiro atoms. The molecule has 1 heterocycles. The minimum atomic E-state index is 0.290. The molecule has 0 amide bonds. The van der Waals surface area contributed by atoms with E-state index in [4.69, 9.17) is 5.11 Å². The van der Waals surface area contributed by atoms with Crippen LogP contribution in [0.5, 0.6) is 0 Å². The quantitative estimate of drug-likeness (QED) is 0.805. The summed E-state index contributed by atoms with van der Waals surface area (Å²) in [5.41, 5.74) is 1.30. The number of unbranched alkanes of at least 4 members (excludes halogenated alkanes) is 1. The van der Waals surface area contributed by atoms with Gasteiger partial charge in [0.15, 0.2) is 0 Å². The van der Waals surface area contributed by atoms with Crippen molar-refractivity contribution in [3.8, 4) is 0 Å². The van der Waals surface area contributed by atoms with E-state index >= 15 is 0 Å². The predicted molar refractivity (Wildman–Crippen MR) is 71.4 cm³/mol. The lowest BCUT2D eigenvalue weighted by Crippen LogP contribution is -2.18. The maximum Gasteiger partial charge on any atom is 0.0552 e. The molecular formula is C13H17NOS. The number of hydrogen-bond acceptors (Lipinski definition) is 3. The summed E-state index contributed by atoms with van der Waals surface area (Å²) in [5.74, 6) is 0. The fourth-order valence-corrected chi connectivity index (χ4v) is 2.84. The molecule has 0 atom stereocenters. The van der Waals surface area contributed by atoms with Gasteiger partial charge in [-0.2, -0.15) is 0 Å². The molecule has 2 aromatic rings. The minimum absolute atomic E-state index is 0.290. The lowest BCUT2D eigenvalue weighted by atomic mass is 10.2. The normalized spacial score (nSPS) is 10.9. The molecule has 86 valence electrons. The van der Waals surface area contributed by atoms with Crippen molar-refractivity contribution < 1.29 is 5.11 Å². The van der Waals surface area contributed by atoms with Gasteiger partial charge in [-0.25, -0.2) is 0 Å². The molecule has 0 bridgehead atoms. The molecule has 3 heteroatoms. The van der Waals surface area contributed by atoms with Crippen LogP contribution >= 0.6 is 11.3 Å². The van der Waals surface area contributed by atoms with Crippen LogP contribution in [0.1, 0.15) is 12.8 Å². The zero-order valence-corrected chi connectivity index (χ0v) is 10.3. The molecule has 0 saturated heterocycles. The van der Waals surface area contributed by atoms with Crippen LogP contribution < -0.4 is 4.90 Å². The lowest BCUT2D eigenvalue weighted by molar-refractivity contribution is 0.285. The molecular weight excluding hydrogens is 218 g/mol. The SMILES string of the molecule is CN(CCCCO)c1csc2ccccc12. The largest absolute Gasteiger partial charge is 0.396 e. The number of aliphatic hydroxyl groups excluding tert-OH is 1. The van der Waals surface area contributed by atoms with Crippen LogP contribution in [0.3, 0.4) is 0 Å². The summed E-state index contributed by atoms with van der Waals surface area (Å²) in [6, 6.07) is 8.49. The van der Waals surface area contributed by atoms with E-state index in [1.165, 1.54) is 15.8 Å². The van der Waals surface area contributed by atoms with Gasteiger partial charge < -0.3 is 10.0 Å². The lowest BCUT2D eigenvalue weighted by Gasteiger charge is -2.18. The third-order valence-electron chi connectivity index (χ3n) is 2.77. The highest BCUT2D eigenvalue weighted by Crippen LogP contribution is 2.32. The van der Waals surface area contributed by atoms with Crippen molar-refractivity contribution in [3.63, 3.8) is 0 Å². The summed E-state index contributed by atoms with van der Waals surface area (Å²) in [4.78, 5) is 2.27. The Morgan fingerprint density at radius 1 is 1.25 bits per heavy atom. The van der Waals surface area contributed by atoms with Gasteiger partial charge in [0, 0.05) is 35.7 Å². The van der Waals surface area contributed by atoms with Crippen LogP contribution in [-0.4, -0.2) is 25.3 Å². The number of nitrogens with zero attached hydrogens (tertiary/aromatic N) is 1. The molecule has 16 heavy (non-hydrogen) atoms. The Morgan fingerprint density at radius 2 is 2.06 bits per heavy atom. The van der Waals surface area contributed by atoms with E-state index in [2.05, 4.69) is 41.6 Å². The van der Waals surface area contributed by atoms with Crippen molar-refractivity contribution in [2.24, 2.45) is 0 Å². The van der Waals surface area contributed by atoms with Crippen LogP contribution in [0, 0.1) is 0 Å². The van der Waals surface area contributed by atoms with Crippen molar-refractivity contribution in [1.82, 2.24) is 0 Å². The van der Waals surface area contributed by atoms with Gasteiger partial charge in [-0.15, -0.1) is 11.3 Å². The summed E-state index contributed by atoms with van der Waals surface area (Å²) in [6.45, 7) is 1.29. The van der Waals surface area contributed by atoms with Crippen molar-refractivity contribution in [1.29, 1.82) is 0 Å². The first-order chi connectivity index (χ1) is 7.83. The number of benzene rings is 1. The smallest absolute Gasteiger partial charge is 0.0552 e. The second-order valence-electron chi connectivity index (χ2n) is 3.97. The van der Waals surface area contributed by atoms with Crippen LogP contribution in [-0.2, 0) is 0 Å². The van der Waals surface area contributed by atoms with Gasteiger partial charge in [-0.3, -0.25) is 0 Å². The third kappa shape index (κ3) is 2.36. The molecule has 0 fully saturated rings. The van der Waals surface area contributed by atoms with E-state index in [-0.39, 0.29) is 6.61 Å². The van der Waals surface area contributed by atoms with Crippen molar-refractivity contribution in [3.05, 3.63) is 29.6 Å². The van der Waals surface area contributed by atoms with Gasteiger partial charge in [0.1, 0.15) is 0 Å². The average molecular weight is 235 g/mol. The van der Waals surface area contributed by atoms with Crippen LogP contribution in [0.4, 0.5) is 5.69 Å².